The molecule has 0 aliphatic carbocycles. The van der Waals surface area contributed by atoms with Crippen molar-refractivity contribution in [3.63, 3.8) is 0 Å². The van der Waals surface area contributed by atoms with E-state index < -0.39 is 0 Å². The van der Waals surface area contributed by atoms with Crippen LogP contribution in [-0.4, -0.2) is 11.1 Å². The van der Waals surface area contributed by atoms with Gasteiger partial charge in [-0.15, -0.1) is 0 Å². The molecule has 0 saturated carbocycles. The lowest BCUT2D eigenvalue weighted by Crippen LogP contribution is -2.10. The number of hydrogen-bond donors (Lipinski definition) is 2. The van der Waals surface area contributed by atoms with Crippen LogP contribution in [0.2, 0.25) is 0 Å². The van der Waals surface area contributed by atoms with Gasteiger partial charge in [0.1, 0.15) is 5.82 Å². The monoisotopic (exact) mass is 196 g/mol. The van der Waals surface area contributed by atoms with Crippen LogP contribution in [0.25, 0.3) is 0 Å². The molecule has 0 bridgehead atoms. The van der Waals surface area contributed by atoms with Crippen molar-refractivity contribution in [2.24, 2.45) is 5.10 Å². The van der Waals surface area contributed by atoms with Crippen molar-refractivity contribution >= 4 is 18.3 Å². The maximum atomic E-state index is 12.8. The summed E-state index contributed by atoms with van der Waals surface area (Å²) in [5.41, 5.74) is 4.50. The number of hydrazone groups is 1. The molecular formula is C9H9FN2S. The van der Waals surface area contributed by atoms with E-state index in [0.29, 0.717) is 0 Å². The second kappa shape index (κ2) is 3.38. The number of rotatable bonds is 1. The van der Waals surface area contributed by atoms with Gasteiger partial charge in [0.25, 0.3) is 0 Å². The van der Waals surface area contributed by atoms with Crippen LogP contribution in [0.15, 0.2) is 29.4 Å². The van der Waals surface area contributed by atoms with Gasteiger partial charge < -0.3 is 0 Å². The Labute approximate surface area is 81.3 Å². The standard InChI is InChI=1S/C9H9FN2S/c10-7-3-1-2-6(4-7)8-5-9(13)12-11-8/h1-4,9,12-13H,5H2. The minimum Gasteiger partial charge on any atom is -0.297 e. The first kappa shape index (κ1) is 8.56. The third-order valence-corrected chi connectivity index (χ3v) is 2.19. The van der Waals surface area contributed by atoms with Crippen molar-refractivity contribution in [1.29, 1.82) is 0 Å². The third kappa shape index (κ3) is 1.83. The minimum absolute atomic E-state index is 0.0540. The van der Waals surface area contributed by atoms with Gasteiger partial charge in [0.15, 0.2) is 0 Å². The third-order valence-electron chi connectivity index (χ3n) is 1.89. The molecule has 68 valence electrons. The van der Waals surface area contributed by atoms with Gasteiger partial charge in [0, 0.05) is 12.0 Å². The van der Waals surface area contributed by atoms with E-state index in [9.17, 15) is 4.39 Å². The van der Waals surface area contributed by atoms with Gasteiger partial charge in [-0.2, -0.15) is 17.7 Å². The van der Waals surface area contributed by atoms with Crippen LogP contribution >= 0.6 is 12.6 Å². The van der Waals surface area contributed by atoms with E-state index in [-0.39, 0.29) is 11.2 Å². The van der Waals surface area contributed by atoms with Gasteiger partial charge >= 0.3 is 0 Å². The highest BCUT2D eigenvalue weighted by atomic mass is 32.1. The van der Waals surface area contributed by atoms with Crippen molar-refractivity contribution in [2.45, 2.75) is 11.8 Å². The molecule has 2 rings (SSSR count). The van der Waals surface area contributed by atoms with Crippen LogP contribution in [0.3, 0.4) is 0 Å². The zero-order valence-corrected chi connectivity index (χ0v) is 7.76. The number of hydrogen-bond acceptors (Lipinski definition) is 3. The maximum Gasteiger partial charge on any atom is 0.123 e. The van der Waals surface area contributed by atoms with Crippen molar-refractivity contribution < 1.29 is 4.39 Å². The smallest absolute Gasteiger partial charge is 0.123 e. The fourth-order valence-corrected chi connectivity index (χ4v) is 1.51. The van der Waals surface area contributed by atoms with Crippen LogP contribution in [0.1, 0.15) is 12.0 Å². The number of nitrogens with one attached hydrogen (secondary N) is 1. The van der Waals surface area contributed by atoms with Crippen molar-refractivity contribution in [3.05, 3.63) is 35.6 Å². The summed E-state index contributed by atoms with van der Waals surface area (Å²) in [4.78, 5) is 0. The van der Waals surface area contributed by atoms with E-state index in [1.54, 1.807) is 6.07 Å². The zero-order chi connectivity index (χ0) is 9.26. The molecule has 1 aliphatic rings. The fraction of sp³-hybridized carbons (Fsp3) is 0.222. The Morgan fingerprint density at radius 2 is 2.38 bits per heavy atom. The van der Waals surface area contributed by atoms with E-state index in [1.807, 2.05) is 6.07 Å². The average Bonchev–Trinajstić information content (AvgIpc) is 2.52. The molecule has 0 radical (unpaired) electrons. The molecule has 13 heavy (non-hydrogen) atoms. The first-order valence-electron chi connectivity index (χ1n) is 4.02. The Morgan fingerprint density at radius 1 is 1.54 bits per heavy atom. The van der Waals surface area contributed by atoms with E-state index >= 15 is 0 Å². The Hall–Kier alpha value is -1.03. The predicted molar refractivity (Wildman–Crippen MR) is 53.5 cm³/mol. The molecule has 1 aromatic carbocycles. The molecule has 1 aliphatic heterocycles. The summed E-state index contributed by atoms with van der Waals surface area (Å²) in [6.07, 6.45) is 0.729. The molecule has 0 spiro atoms. The number of benzene rings is 1. The molecule has 0 saturated heterocycles. The molecule has 0 amide bonds. The largest absolute Gasteiger partial charge is 0.297 e. The van der Waals surface area contributed by atoms with Gasteiger partial charge in [-0.25, -0.2) is 4.39 Å². The normalized spacial score (nSPS) is 21.1. The Balaban J connectivity index is 2.26. The molecule has 1 aromatic rings. The number of halogens is 1. The molecule has 2 nitrogen and oxygen atoms in total. The Morgan fingerprint density at radius 3 is 3.00 bits per heavy atom. The van der Waals surface area contributed by atoms with Crippen molar-refractivity contribution in [3.8, 4) is 0 Å². The molecule has 0 aromatic heterocycles. The van der Waals surface area contributed by atoms with Gasteiger partial charge in [-0.3, -0.25) is 5.43 Å². The first-order chi connectivity index (χ1) is 6.25. The lowest BCUT2D eigenvalue weighted by Gasteiger charge is -1.99. The van der Waals surface area contributed by atoms with Crippen LogP contribution in [-0.2, 0) is 0 Å². The molecule has 0 fully saturated rings. The van der Waals surface area contributed by atoms with E-state index in [2.05, 4.69) is 23.2 Å². The van der Waals surface area contributed by atoms with Crippen LogP contribution in [0.4, 0.5) is 4.39 Å². The van der Waals surface area contributed by atoms with Gasteiger partial charge in [0.05, 0.1) is 11.1 Å². The SMILES string of the molecule is Fc1cccc(C2=NNC(S)C2)c1. The van der Waals surface area contributed by atoms with E-state index in [4.69, 9.17) is 0 Å². The lowest BCUT2D eigenvalue weighted by atomic mass is 10.1. The van der Waals surface area contributed by atoms with Gasteiger partial charge in [0.2, 0.25) is 0 Å². The number of nitrogens with zero attached hydrogens (tertiary/aromatic N) is 1. The average molecular weight is 196 g/mol. The lowest BCUT2D eigenvalue weighted by molar-refractivity contribution is 0.627. The summed E-state index contributed by atoms with van der Waals surface area (Å²) >= 11 is 4.21. The quantitative estimate of drug-likeness (QED) is 0.657. The second-order valence-corrected chi connectivity index (χ2v) is 3.54. The molecular weight excluding hydrogens is 187 g/mol. The minimum atomic E-state index is -0.234. The van der Waals surface area contributed by atoms with E-state index in [1.165, 1.54) is 12.1 Å². The summed E-state index contributed by atoms with van der Waals surface area (Å²) in [5.74, 6) is -0.234. The van der Waals surface area contributed by atoms with Gasteiger partial charge in [-0.1, -0.05) is 12.1 Å². The highest BCUT2D eigenvalue weighted by Crippen LogP contribution is 2.14. The maximum absolute atomic E-state index is 12.8. The summed E-state index contributed by atoms with van der Waals surface area (Å²) in [6.45, 7) is 0. The number of thiol groups is 1. The van der Waals surface area contributed by atoms with Crippen molar-refractivity contribution in [2.75, 3.05) is 0 Å². The Bertz CT molecular complexity index is 351. The zero-order valence-electron chi connectivity index (χ0n) is 6.87. The summed E-state index contributed by atoms with van der Waals surface area (Å²) in [6, 6.07) is 6.42. The molecule has 1 N–H and O–H groups in total. The fourth-order valence-electron chi connectivity index (χ4n) is 1.28. The van der Waals surface area contributed by atoms with Crippen LogP contribution in [0, 0.1) is 5.82 Å². The first-order valence-corrected chi connectivity index (χ1v) is 4.53. The second-order valence-electron chi connectivity index (χ2n) is 2.92. The molecule has 4 heteroatoms. The predicted octanol–water partition coefficient (Wildman–Crippen LogP) is 1.78. The molecule has 1 unspecified atom stereocenters. The highest BCUT2D eigenvalue weighted by Gasteiger charge is 2.15. The highest BCUT2D eigenvalue weighted by molar-refractivity contribution is 7.80. The van der Waals surface area contributed by atoms with Gasteiger partial charge in [-0.05, 0) is 12.1 Å². The van der Waals surface area contributed by atoms with Crippen LogP contribution < -0.4 is 5.43 Å². The summed E-state index contributed by atoms with van der Waals surface area (Å²) in [7, 11) is 0. The molecule has 1 heterocycles. The topological polar surface area (TPSA) is 24.4 Å². The van der Waals surface area contributed by atoms with Crippen molar-refractivity contribution in [1.82, 2.24) is 5.43 Å². The van der Waals surface area contributed by atoms with E-state index in [0.717, 1.165) is 17.7 Å². The molecule has 1 atom stereocenters. The summed E-state index contributed by atoms with van der Waals surface area (Å²) in [5, 5.41) is 4.11. The van der Waals surface area contributed by atoms with Crippen LogP contribution in [0.5, 0.6) is 0 Å². The summed E-state index contributed by atoms with van der Waals surface area (Å²) < 4.78 is 12.8. The Kier molecular flexibility index (Phi) is 2.22.